The number of nitrogens with one attached hydrogen (secondary N) is 1. The topological polar surface area (TPSA) is 72.2 Å². The fourth-order valence-electron chi connectivity index (χ4n) is 1.79. The summed E-state index contributed by atoms with van der Waals surface area (Å²) < 4.78 is 1.70. The van der Waals surface area contributed by atoms with Crippen molar-refractivity contribution < 1.29 is 4.79 Å². The maximum atomic E-state index is 11.2. The molecule has 0 unspecified atom stereocenters. The summed E-state index contributed by atoms with van der Waals surface area (Å²) in [7, 11) is 0. The van der Waals surface area contributed by atoms with Crippen molar-refractivity contribution in [1.82, 2.24) is 19.8 Å². The Kier molecular flexibility index (Phi) is 2.75. The zero-order valence-electron chi connectivity index (χ0n) is 10.4. The molecule has 0 atom stereocenters. The molecule has 3 rings (SSSR count). The highest BCUT2D eigenvalue weighted by molar-refractivity contribution is 7.19. The second-order valence-corrected chi connectivity index (χ2v) is 5.03. The number of benzene rings is 1. The Bertz CT molecular complexity index is 760. The number of aryl methyl sites for hydroxylation is 1. The standard InChI is InChI=1S/C12H11N5OS/c1-7-14-15-12-17(7)16-11(19-12)9-5-3-4-6-10(9)13-8(2)18/h3-6H,1-2H3,(H,13,18). The molecule has 1 amide bonds. The number of carbonyl (C=O) groups excluding carboxylic acids is 1. The highest BCUT2D eigenvalue weighted by atomic mass is 32.1. The Labute approximate surface area is 113 Å². The van der Waals surface area contributed by atoms with Gasteiger partial charge in [-0.2, -0.15) is 9.61 Å². The molecule has 6 nitrogen and oxygen atoms in total. The van der Waals surface area contributed by atoms with Crippen LogP contribution in [-0.4, -0.2) is 25.7 Å². The van der Waals surface area contributed by atoms with Crippen LogP contribution in [0.2, 0.25) is 0 Å². The van der Waals surface area contributed by atoms with E-state index in [0.717, 1.165) is 27.0 Å². The molecule has 0 aliphatic rings. The van der Waals surface area contributed by atoms with Gasteiger partial charge in [-0.25, -0.2) is 0 Å². The van der Waals surface area contributed by atoms with E-state index in [0.29, 0.717) is 0 Å². The molecule has 1 aromatic carbocycles. The number of hydrogen-bond acceptors (Lipinski definition) is 5. The van der Waals surface area contributed by atoms with Crippen LogP contribution in [0, 0.1) is 6.92 Å². The number of anilines is 1. The van der Waals surface area contributed by atoms with Crippen molar-refractivity contribution in [3.05, 3.63) is 30.1 Å². The summed E-state index contributed by atoms with van der Waals surface area (Å²) in [6, 6.07) is 7.56. The Hall–Kier alpha value is -2.28. The summed E-state index contributed by atoms with van der Waals surface area (Å²) >= 11 is 1.44. The summed E-state index contributed by atoms with van der Waals surface area (Å²) in [6.07, 6.45) is 0. The van der Waals surface area contributed by atoms with Gasteiger partial charge in [0, 0.05) is 12.5 Å². The van der Waals surface area contributed by atoms with Crippen LogP contribution in [0.5, 0.6) is 0 Å². The highest BCUT2D eigenvalue weighted by Crippen LogP contribution is 2.31. The average Bonchev–Trinajstić information content (AvgIpc) is 2.92. The molecule has 0 aliphatic carbocycles. The third-order valence-corrected chi connectivity index (χ3v) is 3.55. The van der Waals surface area contributed by atoms with Gasteiger partial charge in [0.1, 0.15) is 5.01 Å². The normalized spacial score (nSPS) is 10.8. The van der Waals surface area contributed by atoms with Gasteiger partial charge in [-0.3, -0.25) is 4.79 Å². The molecule has 2 heterocycles. The molecule has 0 saturated carbocycles. The highest BCUT2D eigenvalue weighted by Gasteiger charge is 2.13. The lowest BCUT2D eigenvalue weighted by Crippen LogP contribution is -2.06. The van der Waals surface area contributed by atoms with Gasteiger partial charge in [0.2, 0.25) is 10.9 Å². The minimum absolute atomic E-state index is 0.105. The predicted molar refractivity (Wildman–Crippen MR) is 73.1 cm³/mol. The Morgan fingerprint density at radius 1 is 1.32 bits per heavy atom. The molecule has 0 fully saturated rings. The van der Waals surface area contributed by atoms with Crippen LogP contribution in [0.3, 0.4) is 0 Å². The number of rotatable bonds is 2. The van der Waals surface area contributed by atoms with Gasteiger partial charge >= 0.3 is 0 Å². The molecule has 0 aliphatic heterocycles. The van der Waals surface area contributed by atoms with Crippen LogP contribution in [0.4, 0.5) is 5.69 Å². The summed E-state index contributed by atoms with van der Waals surface area (Å²) in [6.45, 7) is 3.34. The van der Waals surface area contributed by atoms with Crippen molar-refractivity contribution in [2.24, 2.45) is 0 Å². The van der Waals surface area contributed by atoms with E-state index in [2.05, 4.69) is 20.6 Å². The molecule has 0 spiro atoms. The van der Waals surface area contributed by atoms with Gasteiger partial charge in [-0.15, -0.1) is 10.2 Å². The van der Waals surface area contributed by atoms with Gasteiger partial charge in [0.05, 0.1) is 5.69 Å². The van der Waals surface area contributed by atoms with Crippen LogP contribution in [0.25, 0.3) is 15.5 Å². The monoisotopic (exact) mass is 273 g/mol. The summed E-state index contributed by atoms with van der Waals surface area (Å²) in [4.78, 5) is 12.0. The van der Waals surface area contributed by atoms with E-state index in [4.69, 9.17) is 0 Å². The SMILES string of the molecule is CC(=O)Nc1ccccc1-c1nn2c(C)nnc2s1. The third-order valence-electron chi connectivity index (χ3n) is 2.61. The first kappa shape index (κ1) is 11.8. The van der Waals surface area contributed by atoms with Crippen molar-refractivity contribution in [3.63, 3.8) is 0 Å². The molecule has 0 saturated heterocycles. The van der Waals surface area contributed by atoms with E-state index < -0.39 is 0 Å². The Morgan fingerprint density at radius 3 is 2.84 bits per heavy atom. The van der Waals surface area contributed by atoms with Crippen molar-refractivity contribution in [2.75, 3.05) is 5.32 Å². The van der Waals surface area contributed by atoms with Gasteiger partial charge in [-0.1, -0.05) is 23.5 Å². The summed E-state index contributed by atoms with van der Waals surface area (Å²) in [5.74, 6) is 0.640. The quantitative estimate of drug-likeness (QED) is 0.776. The third kappa shape index (κ3) is 2.08. The van der Waals surface area contributed by atoms with E-state index in [1.807, 2.05) is 31.2 Å². The van der Waals surface area contributed by atoms with Gasteiger partial charge in [0.15, 0.2) is 5.82 Å². The van der Waals surface area contributed by atoms with Crippen LogP contribution < -0.4 is 5.32 Å². The number of carbonyl (C=O) groups is 1. The largest absolute Gasteiger partial charge is 0.326 e. The lowest BCUT2D eigenvalue weighted by molar-refractivity contribution is -0.114. The molecular formula is C12H11N5OS. The van der Waals surface area contributed by atoms with Gasteiger partial charge in [0.25, 0.3) is 0 Å². The zero-order chi connectivity index (χ0) is 13.4. The first-order valence-corrected chi connectivity index (χ1v) is 6.52. The maximum absolute atomic E-state index is 11.2. The van der Waals surface area contributed by atoms with Crippen LogP contribution in [0.1, 0.15) is 12.7 Å². The van der Waals surface area contributed by atoms with Crippen LogP contribution in [0.15, 0.2) is 24.3 Å². The molecule has 96 valence electrons. The Morgan fingerprint density at radius 2 is 2.11 bits per heavy atom. The maximum Gasteiger partial charge on any atom is 0.234 e. The number of hydrogen-bond donors (Lipinski definition) is 1. The van der Waals surface area contributed by atoms with Crippen LogP contribution >= 0.6 is 11.3 Å². The van der Waals surface area contributed by atoms with E-state index in [-0.39, 0.29) is 5.91 Å². The van der Waals surface area contributed by atoms with E-state index in [1.54, 1.807) is 4.52 Å². The van der Waals surface area contributed by atoms with Gasteiger partial charge < -0.3 is 5.32 Å². The minimum atomic E-state index is -0.105. The number of fused-ring (bicyclic) bond motifs is 1. The first-order chi connectivity index (χ1) is 9.15. The fourth-order valence-corrected chi connectivity index (χ4v) is 2.72. The van der Waals surface area contributed by atoms with Crippen molar-refractivity contribution in [3.8, 4) is 10.6 Å². The minimum Gasteiger partial charge on any atom is -0.326 e. The molecule has 1 N–H and O–H groups in total. The molecule has 2 aromatic heterocycles. The lowest BCUT2D eigenvalue weighted by atomic mass is 10.2. The number of para-hydroxylation sites is 1. The molecule has 19 heavy (non-hydrogen) atoms. The smallest absolute Gasteiger partial charge is 0.234 e. The molecule has 0 bridgehead atoms. The van der Waals surface area contributed by atoms with E-state index in [9.17, 15) is 4.79 Å². The van der Waals surface area contributed by atoms with Crippen molar-refractivity contribution in [1.29, 1.82) is 0 Å². The molecule has 0 radical (unpaired) electrons. The first-order valence-electron chi connectivity index (χ1n) is 5.71. The van der Waals surface area contributed by atoms with Crippen LogP contribution in [-0.2, 0) is 4.79 Å². The Balaban J connectivity index is 2.12. The second kappa shape index (κ2) is 4.43. The average molecular weight is 273 g/mol. The zero-order valence-corrected chi connectivity index (χ0v) is 11.2. The summed E-state index contributed by atoms with van der Waals surface area (Å²) in [5.41, 5.74) is 1.63. The van der Waals surface area contributed by atoms with Crippen molar-refractivity contribution in [2.45, 2.75) is 13.8 Å². The van der Waals surface area contributed by atoms with E-state index in [1.165, 1.54) is 18.3 Å². The molecular weight excluding hydrogens is 262 g/mol. The lowest BCUT2D eigenvalue weighted by Gasteiger charge is -2.06. The fraction of sp³-hybridized carbons (Fsp3) is 0.167. The van der Waals surface area contributed by atoms with Gasteiger partial charge in [-0.05, 0) is 19.1 Å². The van der Waals surface area contributed by atoms with Crippen molar-refractivity contribution >= 4 is 27.9 Å². The number of nitrogens with zero attached hydrogens (tertiary/aromatic N) is 4. The molecule has 3 aromatic rings. The number of aromatic nitrogens is 4. The predicted octanol–water partition coefficient (Wildman–Crippen LogP) is 2.12. The van der Waals surface area contributed by atoms with E-state index >= 15 is 0 Å². The summed E-state index contributed by atoms with van der Waals surface area (Å²) in [5, 5.41) is 16.1. The number of amides is 1. The molecule has 7 heteroatoms. The second-order valence-electron chi connectivity index (χ2n) is 4.08.